The number of ether oxygens (including phenoxy) is 2. The molecule has 1 atom stereocenters. The van der Waals surface area contributed by atoms with Crippen LogP contribution in [0.25, 0.3) is 0 Å². The lowest BCUT2D eigenvalue weighted by molar-refractivity contribution is -0.169. The average Bonchev–Trinajstić information content (AvgIpc) is 2.84. The number of rotatable bonds is 0. The number of carbonyl (C=O) groups is 2. The first-order valence-electron chi connectivity index (χ1n) is 5.45. The van der Waals surface area contributed by atoms with E-state index in [1.165, 1.54) is 0 Å². The quantitative estimate of drug-likeness (QED) is 0.577. The van der Waals surface area contributed by atoms with E-state index in [0.29, 0.717) is 5.57 Å². The Morgan fingerprint density at radius 3 is 2.81 bits per heavy atom. The Labute approximate surface area is 92.9 Å². The molecule has 2 fully saturated rings. The predicted octanol–water partition coefficient (Wildman–Crippen LogP) is 1.27. The van der Waals surface area contributed by atoms with Crippen molar-refractivity contribution in [1.29, 1.82) is 0 Å². The minimum absolute atomic E-state index is 0.141. The largest absolute Gasteiger partial charge is 0.419 e. The summed E-state index contributed by atoms with van der Waals surface area (Å²) >= 11 is 0. The molecule has 1 unspecified atom stereocenters. The third-order valence-electron chi connectivity index (χ3n) is 3.40. The van der Waals surface area contributed by atoms with E-state index in [9.17, 15) is 9.59 Å². The van der Waals surface area contributed by atoms with Crippen molar-refractivity contribution in [2.45, 2.75) is 32.0 Å². The SMILES string of the molecule is CC1=C2CCCC2=CC2(OCC(=O)O2)C1=O. The van der Waals surface area contributed by atoms with Gasteiger partial charge in [-0.3, -0.25) is 4.79 Å². The van der Waals surface area contributed by atoms with Crippen LogP contribution in [-0.2, 0) is 19.1 Å². The van der Waals surface area contributed by atoms with Crippen LogP contribution in [-0.4, -0.2) is 24.1 Å². The lowest BCUT2D eigenvalue weighted by atomic mass is 9.89. The highest BCUT2D eigenvalue weighted by molar-refractivity contribution is 6.06. The molecule has 0 N–H and O–H groups in total. The zero-order valence-electron chi connectivity index (χ0n) is 9.04. The molecule has 0 bridgehead atoms. The number of fused-ring (bicyclic) bond motifs is 1. The fourth-order valence-electron chi connectivity index (χ4n) is 2.63. The van der Waals surface area contributed by atoms with Crippen LogP contribution in [0.2, 0.25) is 0 Å². The Morgan fingerprint density at radius 1 is 1.31 bits per heavy atom. The Balaban J connectivity index is 2.09. The highest BCUT2D eigenvalue weighted by Crippen LogP contribution is 2.42. The van der Waals surface area contributed by atoms with Gasteiger partial charge >= 0.3 is 5.97 Å². The van der Waals surface area contributed by atoms with Gasteiger partial charge in [0.25, 0.3) is 5.79 Å². The monoisotopic (exact) mass is 220 g/mol. The van der Waals surface area contributed by atoms with Crippen molar-refractivity contribution >= 4 is 11.8 Å². The maximum atomic E-state index is 12.1. The van der Waals surface area contributed by atoms with Crippen LogP contribution in [0.3, 0.4) is 0 Å². The summed E-state index contributed by atoms with van der Waals surface area (Å²) in [7, 11) is 0. The molecule has 1 spiro atoms. The molecule has 1 heterocycles. The molecule has 84 valence electrons. The summed E-state index contributed by atoms with van der Waals surface area (Å²) in [5, 5.41) is 0. The van der Waals surface area contributed by atoms with Crippen molar-refractivity contribution in [1.82, 2.24) is 0 Å². The first kappa shape index (κ1) is 9.78. The zero-order chi connectivity index (χ0) is 11.3. The van der Waals surface area contributed by atoms with Gasteiger partial charge in [-0.25, -0.2) is 4.79 Å². The Bertz CT molecular complexity index is 458. The second-order valence-electron chi connectivity index (χ2n) is 4.39. The van der Waals surface area contributed by atoms with Crippen molar-refractivity contribution in [2.75, 3.05) is 6.61 Å². The lowest BCUT2D eigenvalue weighted by Crippen LogP contribution is -2.41. The molecule has 1 saturated carbocycles. The summed E-state index contributed by atoms with van der Waals surface area (Å²) < 4.78 is 10.3. The third-order valence-corrected chi connectivity index (χ3v) is 3.40. The number of esters is 1. The molecular formula is C12H12O4. The van der Waals surface area contributed by atoms with Gasteiger partial charge in [-0.2, -0.15) is 0 Å². The van der Waals surface area contributed by atoms with Crippen molar-refractivity contribution in [3.8, 4) is 0 Å². The Kier molecular flexibility index (Phi) is 1.86. The highest BCUT2D eigenvalue weighted by Gasteiger charge is 2.50. The molecule has 2 aliphatic carbocycles. The smallest absolute Gasteiger partial charge is 0.335 e. The van der Waals surface area contributed by atoms with Gasteiger partial charge in [0.1, 0.15) is 6.61 Å². The summed E-state index contributed by atoms with van der Waals surface area (Å²) in [6, 6.07) is 0. The van der Waals surface area contributed by atoms with E-state index in [2.05, 4.69) is 0 Å². The summed E-state index contributed by atoms with van der Waals surface area (Å²) in [5.74, 6) is -2.14. The van der Waals surface area contributed by atoms with E-state index in [4.69, 9.17) is 9.47 Å². The number of allylic oxidation sites excluding steroid dienone is 2. The normalized spacial score (nSPS) is 33.2. The maximum absolute atomic E-state index is 12.1. The van der Waals surface area contributed by atoms with E-state index in [1.807, 2.05) is 0 Å². The van der Waals surface area contributed by atoms with E-state index < -0.39 is 11.8 Å². The van der Waals surface area contributed by atoms with Crippen LogP contribution in [0.5, 0.6) is 0 Å². The molecule has 0 amide bonds. The van der Waals surface area contributed by atoms with Gasteiger partial charge in [0, 0.05) is 5.57 Å². The van der Waals surface area contributed by atoms with Gasteiger partial charge in [0.05, 0.1) is 0 Å². The molecule has 0 aromatic rings. The second-order valence-corrected chi connectivity index (χ2v) is 4.39. The first-order valence-corrected chi connectivity index (χ1v) is 5.45. The molecular weight excluding hydrogens is 208 g/mol. The molecule has 1 saturated heterocycles. The summed E-state index contributed by atoms with van der Waals surface area (Å²) in [5.41, 5.74) is 2.90. The maximum Gasteiger partial charge on any atom is 0.335 e. The van der Waals surface area contributed by atoms with Crippen molar-refractivity contribution < 1.29 is 19.1 Å². The molecule has 3 aliphatic rings. The molecule has 4 nitrogen and oxygen atoms in total. The van der Waals surface area contributed by atoms with Gasteiger partial charge < -0.3 is 9.47 Å². The van der Waals surface area contributed by atoms with Crippen LogP contribution in [0.1, 0.15) is 26.2 Å². The summed E-state index contributed by atoms with van der Waals surface area (Å²) in [6.07, 6.45) is 4.61. The molecule has 4 heteroatoms. The molecule has 1 aliphatic heterocycles. The standard InChI is InChI=1S/C12H12O4/c1-7-9-4-2-3-8(9)5-12(11(7)14)15-6-10(13)16-12/h5H,2-4,6H2,1H3. The van der Waals surface area contributed by atoms with Crippen LogP contribution >= 0.6 is 0 Å². The summed E-state index contributed by atoms with van der Waals surface area (Å²) in [4.78, 5) is 23.2. The van der Waals surface area contributed by atoms with Crippen molar-refractivity contribution in [3.63, 3.8) is 0 Å². The van der Waals surface area contributed by atoms with E-state index in [1.54, 1.807) is 13.0 Å². The van der Waals surface area contributed by atoms with Gasteiger partial charge in [0.15, 0.2) is 0 Å². The molecule has 0 radical (unpaired) electrons. The van der Waals surface area contributed by atoms with E-state index in [-0.39, 0.29) is 12.4 Å². The van der Waals surface area contributed by atoms with E-state index >= 15 is 0 Å². The molecule has 0 aromatic heterocycles. The van der Waals surface area contributed by atoms with Crippen molar-refractivity contribution in [2.24, 2.45) is 0 Å². The zero-order valence-corrected chi connectivity index (χ0v) is 9.04. The topological polar surface area (TPSA) is 52.6 Å². The average molecular weight is 220 g/mol. The van der Waals surface area contributed by atoms with Gasteiger partial charge in [-0.15, -0.1) is 0 Å². The minimum Gasteiger partial charge on any atom is -0.419 e. The Hall–Kier alpha value is -1.42. The number of hydrogen-bond acceptors (Lipinski definition) is 4. The van der Waals surface area contributed by atoms with Crippen molar-refractivity contribution in [3.05, 3.63) is 22.8 Å². The second kappa shape index (κ2) is 3.04. The fourth-order valence-corrected chi connectivity index (χ4v) is 2.63. The highest BCUT2D eigenvalue weighted by atomic mass is 16.8. The number of carbonyl (C=O) groups excluding carboxylic acids is 2. The van der Waals surface area contributed by atoms with E-state index in [0.717, 1.165) is 30.4 Å². The molecule has 3 rings (SSSR count). The van der Waals surface area contributed by atoms with Crippen LogP contribution in [0, 0.1) is 0 Å². The Morgan fingerprint density at radius 2 is 2.12 bits per heavy atom. The fraction of sp³-hybridized carbons (Fsp3) is 0.500. The van der Waals surface area contributed by atoms with Gasteiger partial charge in [-0.1, -0.05) is 0 Å². The third kappa shape index (κ3) is 1.13. The van der Waals surface area contributed by atoms with Crippen LogP contribution in [0.15, 0.2) is 22.8 Å². The van der Waals surface area contributed by atoms with Gasteiger partial charge in [0.2, 0.25) is 5.78 Å². The molecule has 0 aromatic carbocycles. The first-order chi connectivity index (χ1) is 7.62. The van der Waals surface area contributed by atoms with Gasteiger partial charge in [-0.05, 0) is 43.4 Å². The number of ketones is 1. The predicted molar refractivity (Wildman–Crippen MR) is 54.4 cm³/mol. The lowest BCUT2D eigenvalue weighted by Gasteiger charge is -2.27. The number of Topliss-reactive ketones (excluding diaryl/α,β-unsaturated/α-hetero) is 1. The minimum atomic E-state index is -1.44. The molecule has 16 heavy (non-hydrogen) atoms. The van der Waals surface area contributed by atoms with Crippen LogP contribution in [0.4, 0.5) is 0 Å². The number of hydrogen-bond donors (Lipinski definition) is 0. The summed E-state index contributed by atoms with van der Waals surface area (Å²) in [6.45, 7) is 1.64. The van der Waals surface area contributed by atoms with Crippen LogP contribution < -0.4 is 0 Å².